The van der Waals surface area contributed by atoms with Crippen LogP contribution < -0.4 is 11.1 Å². The monoisotopic (exact) mass is 525 g/mol. The number of benzene rings is 2. The minimum atomic E-state index is -1.41. The normalized spacial score (nSPS) is 11.3. The molecular formula is C28H23N5O2S2. The molecule has 1 amide bonds. The molecule has 3 aromatic heterocycles. The number of amides is 1. The number of nitrogens with two attached hydrogens (primary N) is 1. The molecule has 0 radical (unpaired) electrons. The third kappa shape index (κ3) is 5.54. The summed E-state index contributed by atoms with van der Waals surface area (Å²) >= 11 is 2.90. The summed E-state index contributed by atoms with van der Waals surface area (Å²) in [6.45, 7) is 0. The third-order valence-electron chi connectivity index (χ3n) is 5.78. The van der Waals surface area contributed by atoms with Gasteiger partial charge in [-0.2, -0.15) is 0 Å². The number of aromatic nitrogens is 3. The van der Waals surface area contributed by atoms with Gasteiger partial charge in [0.1, 0.15) is 17.1 Å². The molecule has 0 atom stereocenters. The van der Waals surface area contributed by atoms with Crippen molar-refractivity contribution in [3.63, 3.8) is 0 Å². The van der Waals surface area contributed by atoms with Gasteiger partial charge in [0.05, 0.1) is 10.4 Å². The molecule has 37 heavy (non-hydrogen) atoms. The van der Waals surface area contributed by atoms with Crippen molar-refractivity contribution >= 4 is 40.0 Å². The van der Waals surface area contributed by atoms with Crippen LogP contribution in [0.5, 0.6) is 0 Å². The topological polar surface area (TPSA) is 114 Å². The van der Waals surface area contributed by atoms with Gasteiger partial charge in [0.2, 0.25) is 0 Å². The van der Waals surface area contributed by atoms with Crippen molar-refractivity contribution in [3.8, 4) is 0 Å². The summed E-state index contributed by atoms with van der Waals surface area (Å²) in [6.07, 6.45) is 5.13. The molecule has 9 heteroatoms. The molecule has 0 saturated heterocycles. The van der Waals surface area contributed by atoms with E-state index in [2.05, 4.69) is 20.3 Å². The van der Waals surface area contributed by atoms with E-state index >= 15 is 0 Å². The molecule has 5 rings (SSSR count). The fourth-order valence-electron chi connectivity index (χ4n) is 4.03. The third-order valence-corrected chi connectivity index (χ3v) is 7.89. The van der Waals surface area contributed by atoms with Crippen molar-refractivity contribution in [2.24, 2.45) is 5.73 Å². The lowest BCUT2D eigenvalue weighted by atomic mass is 9.81. The molecule has 184 valence electrons. The second kappa shape index (κ2) is 10.9. The van der Waals surface area contributed by atoms with Crippen molar-refractivity contribution in [2.75, 3.05) is 5.32 Å². The van der Waals surface area contributed by atoms with Gasteiger partial charge >= 0.3 is 0 Å². The van der Waals surface area contributed by atoms with Gasteiger partial charge < -0.3 is 16.2 Å². The number of hydrogen-bond acceptors (Lipinski definition) is 8. The number of nitrogens with one attached hydrogen (secondary N) is 1. The zero-order chi connectivity index (χ0) is 25.7. The van der Waals surface area contributed by atoms with Crippen molar-refractivity contribution in [1.29, 1.82) is 0 Å². The van der Waals surface area contributed by atoms with E-state index in [1.54, 1.807) is 18.6 Å². The van der Waals surface area contributed by atoms with Crippen LogP contribution in [-0.2, 0) is 12.0 Å². The van der Waals surface area contributed by atoms with Crippen LogP contribution in [-0.4, -0.2) is 26.0 Å². The summed E-state index contributed by atoms with van der Waals surface area (Å²) in [7, 11) is 0. The predicted molar refractivity (Wildman–Crippen MR) is 146 cm³/mol. The van der Waals surface area contributed by atoms with Crippen LogP contribution in [0.4, 0.5) is 10.9 Å². The highest BCUT2D eigenvalue weighted by Gasteiger charge is 2.34. The molecule has 3 heterocycles. The molecule has 0 fully saturated rings. The fourth-order valence-corrected chi connectivity index (χ4v) is 6.00. The Balaban J connectivity index is 1.52. The molecule has 0 aliphatic heterocycles. The van der Waals surface area contributed by atoms with Gasteiger partial charge in [-0.15, -0.1) is 0 Å². The Hall–Kier alpha value is -4.05. The fraction of sp³-hybridized carbons (Fsp3) is 0.0714. The quantitative estimate of drug-likeness (QED) is 0.236. The van der Waals surface area contributed by atoms with Gasteiger partial charge in [0, 0.05) is 29.3 Å². The Morgan fingerprint density at radius 1 is 0.892 bits per heavy atom. The van der Waals surface area contributed by atoms with Crippen LogP contribution in [0.3, 0.4) is 0 Å². The molecule has 2 aromatic carbocycles. The average molecular weight is 526 g/mol. The Labute approximate surface area is 222 Å². The zero-order valence-corrected chi connectivity index (χ0v) is 21.2. The molecule has 4 N–H and O–H groups in total. The summed E-state index contributed by atoms with van der Waals surface area (Å²) in [5, 5.41) is 16.0. The lowest BCUT2D eigenvalue weighted by Crippen LogP contribution is -2.32. The standard InChI is InChI=1S/C28H23N5O2S2/c29-26(34)25-21(17-28(35,19-9-3-1-4-10-19)20-11-5-2-6-12-20)22(14-16-31-25)36-24-18-32-27(37-24)33-23-13-7-8-15-30-23/h1-16,18,35H,17H2,(H2,29,34)(H,30,32,33). The van der Waals surface area contributed by atoms with E-state index < -0.39 is 11.5 Å². The Morgan fingerprint density at radius 3 is 2.19 bits per heavy atom. The second-order valence-electron chi connectivity index (χ2n) is 8.20. The molecule has 0 spiro atoms. The minimum Gasteiger partial charge on any atom is -0.380 e. The first-order valence-electron chi connectivity index (χ1n) is 11.5. The Bertz CT molecular complexity index is 1460. The van der Waals surface area contributed by atoms with E-state index in [9.17, 15) is 9.90 Å². The summed E-state index contributed by atoms with van der Waals surface area (Å²) in [5.74, 6) is 0.0486. The summed E-state index contributed by atoms with van der Waals surface area (Å²) < 4.78 is 0.893. The number of pyridine rings is 2. The maximum absolute atomic E-state index is 12.4. The van der Waals surface area contributed by atoms with Crippen LogP contribution in [0.2, 0.25) is 0 Å². The number of primary amides is 1. The molecule has 7 nitrogen and oxygen atoms in total. The van der Waals surface area contributed by atoms with Gasteiger partial charge in [0.25, 0.3) is 5.91 Å². The van der Waals surface area contributed by atoms with Crippen molar-refractivity contribution in [3.05, 3.63) is 126 Å². The maximum Gasteiger partial charge on any atom is 0.267 e. The Morgan fingerprint density at radius 2 is 1.57 bits per heavy atom. The maximum atomic E-state index is 12.4. The Kier molecular flexibility index (Phi) is 7.27. The van der Waals surface area contributed by atoms with Gasteiger partial charge in [-0.3, -0.25) is 9.78 Å². The van der Waals surface area contributed by atoms with Crippen molar-refractivity contribution < 1.29 is 9.90 Å². The van der Waals surface area contributed by atoms with Crippen molar-refractivity contribution in [2.45, 2.75) is 21.1 Å². The lowest BCUT2D eigenvalue weighted by molar-refractivity contribution is 0.0797. The van der Waals surface area contributed by atoms with E-state index in [-0.39, 0.29) is 12.1 Å². The van der Waals surface area contributed by atoms with Gasteiger partial charge in [-0.25, -0.2) is 9.97 Å². The van der Waals surface area contributed by atoms with Crippen LogP contribution >= 0.6 is 23.1 Å². The van der Waals surface area contributed by atoms with E-state index in [4.69, 9.17) is 5.73 Å². The molecular weight excluding hydrogens is 502 g/mol. The molecule has 0 bridgehead atoms. The SMILES string of the molecule is NC(=O)c1nccc(Sc2cnc(Nc3ccccn3)s2)c1CC(O)(c1ccccc1)c1ccccc1. The number of thiazole rings is 1. The van der Waals surface area contributed by atoms with E-state index in [1.807, 2.05) is 84.9 Å². The molecule has 0 aliphatic rings. The van der Waals surface area contributed by atoms with Crippen LogP contribution in [0.25, 0.3) is 0 Å². The number of carbonyl (C=O) groups is 1. The minimum absolute atomic E-state index is 0.104. The summed E-state index contributed by atoms with van der Waals surface area (Å²) in [5.41, 5.74) is 6.44. The van der Waals surface area contributed by atoms with Crippen molar-refractivity contribution in [1.82, 2.24) is 15.0 Å². The van der Waals surface area contributed by atoms with E-state index in [1.165, 1.54) is 23.1 Å². The van der Waals surface area contributed by atoms with Gasteiger partial charge in [-0.05, 0) is 29.3 Å². The van der Waals surface area contributed by atoms with Crippen LogP contribution in [0.15, 0.2) is 113 Å². The highest BCUT2D eigenvalue weighted by molar-refractivity contribution is 8.01. The first-order chi connectivity index (χ1) is 18.0. The molecule has 0 saturated carbocycles. The molecule has 0 unspecified atom stereocenters. The highest BCUT2D eigenvalue weighted by atomic mass is 32.2. The number of anilines is 2. The van der Waals surface area contributed by atoms with Gasteiger partial charge in [-0.1, -0.05) is 89.8 Å². The second-order valence-corrected chi connectivity index (χ2v) is 10.6. The summed E-state index contributed by atoms with van der Waals surface area (Å²) in [6, 6.07) is 26.2. The first kappa shape index (κ1) is 24.6. The molecule has 5 aromatic rings. The largest absolute Gasteiger partial charge is 0.380 e. The van der Waals surface area contributed by atoms with Crippen LogP contribution in [0.1, 0.15) is 27.2 Å². The van der Waals surface area contributed by atoms with E-state index in [0.717, 1.165) is 9.10 Å². The average Bonchev–Trinajstić information content (AvgIpc) is 3.37. The smallest absolute Gasteiger partial charge is 0.267 e. The summed E-state index contributed by atoms with van der Waals surface area (Å²) in [4.78, 5) is 26.2. The number of rotatable bonds is 9. The van der Waals surface area contributed by atoms with E-state index in [0.29, 0.717) is 27.6 Å². The number of nitrogens with zero attached hydrogens (tertiary/aromatic N) is 3. The highest BCUT2D eigenvalue weighted by Crippen LogP contribution is 2.41. The number of hydrogen-bond donors (Lipinski definition) is 3. The lowest BCUT2D eigenvalue weighted by Gasteiger charge is -2.31. The number of carbonyl (C=O) groups excluding carboxylic acids is 1. The molecule has 0 aliphatic carbocycles. The number of aliphatic hydroxyl groups is 1. The zero-order valence-electron chi connectivity index (χ0n) is 19.6. The first-order valence-corrected chi connectivity index (χ1v) is 13.1. The predicted octanol–water partition coefficient (Wildman–Crippen LogP) is 5.41. The van der Waals surface area contributed by atoms with Crippen LogP contribution in [0, 0.1) is 0 Å². The van der Waals surface area contributed by atoms with Gasteiger partial charge in [0.15, 0.2) is 5.13 Å².